The summed E-state index contributed by atoms with van der Waals surface area (Å²) >= 11 is 0. The van der Waals surface area contributed by atoms with Gasteiger partial charge in [0.05, 0.1) is 6.67 Å². The Labute approximate surface area is 54.6 Å². The molecule has 2 unspecified atom stereocenters. The number of hydrogen-bond donors (Lipinski definition) is 1. The van der Waals surface area contributed by atoms with E-state index in [1.807, 2.05) is 0 Å². The van der Waals surface area contributed by atoms with Gasteiger partial charge in [-0.05, 0) is 31.8 Å². The summed E-state index contributed by atoms with van der Waals surface area (Å²) in [5.41, 5.74) is 0.158. The zero-order chi connectivity index (χ0) is 6.32. The highest BCUT2D eigenvalue weighted by atomic mass is 19.1. The lowest BCUT2D eigenvalue weighted by Crippen LogP contribution is -2.30. The number of fused-ring (bicyclic) bond motifs is 1. The molecular formula is C7H12FN. The van der Waals surface area contributed by atoms with Gasteiger partial charge in [-0.15, -0.1) is 0 Å². The molecule has 0 aromatic carbocycles. The van der Waals surface area contributed by atoms with Crippen LogP contribution in [0.1, 0.15) is 12.8 Å². The first-order valence-corrected chi connectivity index (χ1v) is 3.64. The van der Waals surface area contributed by atoms with Crippen LogP contribution in [0.5, 0.6) is 0 Å². The molecule has 2 aliphatic rings. The van der Waals surface area contributed by atoms with Gasteiger partial charge in [-0.25, -0.2) is 0 Å². The molecule has 0 spiro atoms. The van der Waals surface area contributed by atoms with Crippen LogP contribution in [-0.4, -0.2) is 19.8 Å². The highest BCUT2D eigenvalue weighted by molar-refractivity contribution is 5.05. The quantitative estimate of drug-likeness (QED) is 0.556. The SMILES string of the molecule is FCC12CCNCC1C2. The molecular weight excluding hydrogens is 117 g/mol. The van der Waals surface area contributed by atoms with Gasteiger partial charge in [0.2, 0.25) is 0 Å². The summed E-state index contributed by atoms with van der Waals surface area (Å²) in [6, 6.07) is 0. The highest BCUT2D eigenvalue weighted by Crippen LogP contribution is 2.56. The number of rotatable bonds is 1. The van der Waals surface area contributed by atoms with Gasteiger partial charge in [-0.3, -0.25) is 4.39 Å². The molecule has 2 heteroatoms. The smallest absolute Gasteiger partial charge is 0.0954 e. The number of hydrogen-bond acceptors (Lipinski definition) is 1. The maximum Gasteiger partial charge on any atom is 0.0954 e. The summed E-state index contributed by atoms with van der Waals surface area (Å²) in [5, 5.41) is 3.27. The minimum Gasteiger partial charge on any atom is -0.316 e. The highest BCUT2D eigenvalue weighted by Gasteiger charge is 2.54. The summed E-state index contributed by atoms with van der Waals surface area (Å²) in [6.07, 6.45) is 2.20. The van der Waals surface area contributed by atoms with Gasteiger partial charge in [0, 0.05) is 5.41 Å². The lowest BCUT2D eigenvalue weighted by Gasteiger charge is -2.18. The van der Waals surface area contributed by atoms with Crippen LogP contribution in [0.25, 0.3) is 0 Å². The number of halogens is 1. The van der Waals surface area contributed by atoms with Crippen LogP contribution in [-0.2, 0) is 0 Å². The predicted octanol–water partition coefficient (Wildman–Crippen LogP) is 0.956. The van der Waals surface area contributed by atoms with E-state index in [1.54, 1.807) is 0 Å². The van der Waals surface area contributed by atoms with E-state index in [0.29, 0.717) is 5.92 Å². The average molecular weight is 129 g/mol. The molecule has 52 valence electrons. The van der Waals surface area contributed by atoms with Crippen LogP contribution >= 0.6 is 0 Å². The van der Waals surface area contributed by atoms with Crippen molar-refractivity contribution in [3.63, 3.8) is 0 Å². The third-order valence-corrected chi connectivity index (χ3v) is 2.82. The molecule has 2 fully saturated rings. The maximum atomic E-state index is 12.3. The van der Waals surface area contributed by atoms with E-state index in [4.69, 9.17) is 0 Å². The molecule has 1 N–H and O–H groups in total. The Morgan fingerprint density at radius 2 is 2.56 bits per heavy atom. The van der Waals surface area contributed by atoms with Crippen molar-refractivity contribution in [3.05, 3.63) is 0 Å². The molecule has 0 amide bonds. The van der Waals surface area contributed by atoms with Gasteiger partial charge in [0.1, 0.15) is 0 Å². The van der Waals surface area contributed by atoms with E-state index in [1.165, 1.54) is 0 Å². The van der Waals surface area contributed by atoms with Gasteiger partial charge in [-0.2, -0.15) is 0 Å². The second-order valence-electron chi connectivity index (χ2n) is 3.35. The van der Waals surface area contributed by atoms with Crippen molar-refractivity contribution in [3.8, 4) is 0 Å². The fraction of sp³-hybridized carbons (Fsp3) is 1.00. The van der Waals surface area contributed by atoms with Gasteiger partial charge in [0.15, 0.2) is 0 Å². The van der Waals surface area contributed by atoms with E-state index in [-0.39, 0.29) is 12.1 Å². The van der Waals surface area contributed by atoms with Crippen molar-refractivity contribution in [1.29, 1.82) is 0 Å². The summed E-state index contributed by atoms with van der Waals surface area (Å²) < 4.78 is 12.3. The fourth-order valence-corrected chi connectivity index (χ4v) is 1.87. The molecule has 9 heavy (non-hydrogen) atoms. The molecule has 1 aliphatic carbocycles. The lowest BCUT2D eigenvalue weighted by molar-refractivity contribution is 0.268. The van der Waals surface area contributed by atoms with Crippen molar-refractivity contribution < 1.29 is 4.39 Å². The molecule has 0 bridgehead atoms. The topological polar surface area (TPSA) is 12.0 Å². The summed E-state index contributed by atoms with van der Waals surface area (Å²) in [6.45, 7) is 2.00. The second kappa shape index (κ2) is 1.69. The summed E-state index contributed by atoms with van der Waals surface area (Å²) in [4.78, 5) is 0. The van der Waals surface area contributed by atoms with Crippen LogP contribution in [0.2, 0.25) is 0 Å². The Balaban J connectivity index is 2.01. The average Bonchev–Trinajstić information content (AvgIpc) is 2.62. The zero-order valence-corrected chi connectivity index (χ0v) is 5.49. The number of alkyl halides is 1. The monoisotopic (exact) mass is 129 g/mol. The largest absolute Gasteiger partial charge is 0.316 e. The fourth-order valence-electron chi connectivity index (χ4n) is 1.87. The first kappa shape index (κ1) is 5.66. The lowest BCUT2D eigenvalue weighted by atomic mass is 9.98. The van der Waals surface area contributed by atoms with E-state index in [0.717, 1.165) is 25.9 Å². The zero-order valence-electron chi connectivity index (χ0n) is 5.49. The summed E-state index contributed by atoms with van der Waals surface area (Å²) in [7, 11) is 0. The normalized spacial score (nSPS) is 48.3. The molecule has 2 atom stereocenters. The molecule has 1 aliphatic heterocycles. The Hall–Kier alpha value is -0.110. The van der Waals surface area contributed by atoms with Crippen LogP contribution in [0, 0.1) is 11.3 Å². The Morgan fingerprint density at radius 3 is 3.11 bits per heavy atom. The second-order valence-corrected chi connectivity index (χ2v) is 3.35. The Morgan fingerprint density at radius 1 is 1.67 bits per heavy atom. The summed E-state index contributed by atoms with van der Waals surface area (Å²) in [5.74, 6) is 0.677. The molecule has 1 saturated heterocycles. The molecule has 1 nitrogen and oxygen atoms in total. The minimum absolute atomic E-state index is 0.0840. The van der Waals surface area contributed by atoms with Gasteiger partial charge in [-0.1, -0.05) is 0 Å². The first-order chi connectivity index (χ1) is 4.37. The van der Waals surface area contributed by atoms with Crippen molar-refractivity contribution in [2.45, 2.75) is 12.8 Å². The van der Waals surface area contributed by atoms with Crippen LogP contribution < -0.4 is 5.32 Å². The van der Waals surface area contributed by atoms with Crippen molar-refractivity contribution in [2.75, 3.05) is 19.8 Å². The van der Waals surface area contributed by atoms with Crippen LogP contribution in [0.3, 0.4) is 0 Å². The van der Waals surface area contributed by atoms with Crippen LogP contribution in [0.4, 0.5) is 4.39 Å². The Bertz CT molecular complexity index is 126. The van der Waals surface area contributed by atoms with E-state index in [9.17, 15) is 4.39 Å². The van der Waals surface area contributed by atoms with Gasteiger partial charge >= 0.3 is 0 Å². The van der Waals surface area contributed by atoms with Crippen molar-refractivity contribution in [1.82, 2.24) is 5.32 Å². The van der Waals surface area contributed by atoms with Crippen molar-refractivity contribution >= 4 is 0 Å². The third-order valence-electron chi connectivity index (χ3n) is 2.82. The van der Waals surface area contributed by atoms with Crippen LogP contribution in [0.15, 0.2) is 0 Å². The predicted molar refractivity (Wildman–Crippen MR) is 34.0 cm³/mol. The van der Waals surface area contributed by atoms with Gasteiger partial charge < -0.3 is 5.32 Å². The first-order valence-electron chi connectivity index (χ1n) is 3.64. The number of nitrogens with one attached hydrogen (secondary N) is 1. The number of piperidine rings is 1. The Kier molecular flexibility index (Phi) is 1.06. The van der Waals surface area contributed by atoms with E-state index in [2.05, 4.69) is 5.32 Å². The van der Waals surface area contributed by atoms with E-state index < -0.39 is 0 Å². The maximum absolute atomic E-state index is 12.3. The van der Waals surface area contributed by atoms with Crippen molar-refractivity contribution in [2.24, 2.45) is 11.3 Å². The molecule has 0 aromatic heterocycles. The third kappa shape index (κ3) is 0.692. The molecule has 0 radical (unpaired) electrons. The molecule has 1 heterocycles. The molecule has 0 aromatic rings. The molecule has 2 rings (SSSR count). The van der Waals surface area contributed by atoms with Gasteiger partial charge in [0.25, 0.3) is 0 Å². The molecule has 1 saturated carbocycles. The minimum atomic E-state index is -0.0840. The standard InChI is InChI=1S/C7H12FN/c8-5-7-1-2-9-4-6(7)3-7/h6,9H,1-5H2. The van der Waals surface area contributed by atoms with E-state index >= 15 is 0 Å².